The van der Waals surface area contributed by atoms with Gasteiger partial charge >= 0.3 is 6.03 Å². The molecular weight excluding hydrogens is 400 g/mol. The molecule has 1 saturated heterocycles. The number of aromatic nitrogens is 2. The molecule has 170 valence electrons. The molecule has 1 unspecified atom stereocenters. The minimum absolute atomic E-state index is 0.0306. The summed E-state index contributed by atoms with van der Waals surface area (Å²) in [6, 6.07) is 6.49. The van der Waals surface area contributed by atoms with Gasteiger partial charge in [0, 0.05) is 37.7 Å². The second-order valence-electron chi connectivity index (χ2n) is 9.57. The van der Waals surface area contributed by atoms with Crippen molar-refractivity contribution in [1.29, 1.82) is 0 Å². The molecule has 4 heterocycles. The summed E-state index contributed by atoms with van der Waals surface area (Å²) in [5, 5.41) is 6.86. The quantitative estimate of drug-likeness (QED) is 0.645. The normalized spacial score (nSPS) is 21.6. The van der Waals surface area contributed by atoms with Crippen molar-refractivity contribution in [1.82, 2.24) is 25.1 Å². The van der Waals surface area contributed by atoms with E-state index in [2.05, 4.69) is 38.8 Å². The lowest BCUT2D eigenvalue weighted by Crippen LogP contribution is -2.41. The Bertz CT molecular complexity index is 967. The van der Waals surface area contributed by atoms with Gasteiger partial charge in [0.05, 0.1) is 6.04 Å². The molecule has 2 aliphatic heterocycles. The van der Waals surface area contributed by atoms with Gasteiger partial charge in [-0.2, -0.15) is 0 Å². The maximum atomic E-state index is 12.9. The number of hydrogen-bond acceptors (Lipinski definition) is 4. The fraction of sp³-hybridized carbons (Fsp3) is 0.520. The van der Waals surface area contributed by atoms with Crippen LogP contribution in [0.5, 0.6) is 0 Å². The minimum atomic E-state index is 0.0306. The third-order valence-corrected chi connectivity index (χ3v) is 7.20. The lowest BCUT2D eigenvalue weighted by Gasteiger charge is -2.37. The van der Waals surface area contributed by atoms with Crippen molar-refractivity contribution in [3.05, 3.63) is 47.4 Å². The lowest BCUT2D eigenvalue weighted by molar-refractivity contribution is 0.153. The average molecular weight is 435 g/mol. The van der Waals surface area contributed by atoms with Gasteiger partial charge in [0.15, 0.2) is 0 Å². The van der Waals surface area contributed by atoms with E-state index < -0.39 is 0 Å². The topological polar surface area (TPSA) is 76.3 Å². The van der Waals surface area contributed by atoms with E-state index in [9.17, 15) is 4.79 Å². The van der Waals surface area contributed by atoms with Gasteiger partial charge in [0.1, 0.15) is 11.6 Å². The number of fused-ring (bicyclic) bond motifs is 1. The predicted molar refractivity (Wildman–Crippen MR) is 128 cm³/mol. The molecule has 1 atom stereocenters. The number of carbonyl (C=O) groups excluding carboxylic acids is 1. The SMILES string of the molecule is CN(C)C(=O)N1C=Cc2cc(Nc3ccc(C4CCNCC4)cn3)[nH]c2C1C1CCCC1. The van der Waals surface area contributed by atoms with Crippen molar-refractivity contribution < 1.29 is 4.79 Å². The summed E-state index contributed by atoms with van der Waals surface area (Å²) in [7, 11) is 3.64. The van der Waals surface area contributed by atoms with Crippen LogP contribution < -0.4 is 10.6 Å². The van der Waals surface area contributed by atoms with Crippen molar-refractivity contribution >= 4 is 23.7 Å². The van der Waals surface area contributed by atoms with Crippen LogP contribution in [0.15, 0.2) is 30.6 Å². The first-order chi connectivity index (χ1) is 15.6. The molecule has 1 aliphatic carbocycles. The van der Waals surface area contributed by atoms with Gasteiger partial charge in [-0.15, -0.1) is 0 Å². The highest BCUT2D eigenvalue weighted by atomic mass is 16.2. The molecule has 0 spiro atoms. The van der Waals surface area contributed by atoms with Gasteiger partial charge in [0.2, 0.25) is 0 Å². The zero-order valence-electron chi connectivity index (χ0n) is 19.1. The number of H-pyrrole nitrogens is 1. The van der Waals surface area contributed by atoms with Crippen LogP contribution in [0.4, 0.5) is 16.4 Å². The van der Waals surface area contributed by atoms with Crippen LogP contribution in [0.2, 0.25) is 0 Å². The van der Waals surface area contributed by atoms with Crippen molar-refractivity contribution in [2.45, 2.75) is 50.5 Å². The number of urea groups is 1. The van der Waals surface area contributed by atoms with E-state index in [-0.39, 0.29) is 12.1 Å². The van der Waals surface area contributed by atoms with Crippen LogP contribution in [-0.2, 0) is 0 Å². The Balaban J connectivity index is 1.36. The molecule has 0 bridgehead atoms. The highest BCUT2D eigenvalue weighted by Gasteiger charge is 2.37. The highest BCUT2D eigenvalue weighted by Crippen LogP contribution is 2.44. The Kier molecular flexibility index (Phi) is 5.91. The number of hydrogen-bond donors (Lipinski definition) is 3. The summed E-state index contributed by atoms with van der Waals surface area (Å²) < 4.78 is 0. The van der Waals surface area contributed by atoms with Crippen LogP contribution in [0, 0.1) is 5.92 Å². The van der Waals surface area contributed by atoms with Gasteiger partial charge in [-0.1, -0.05) is 18.9 Å². The van der Waals surface area contributed by atoms with Gasteiger partial charge in [-0.3, -0.25) is 4.90 Å². The summed E-state index contributed by atoms with van der Waals surface area (Å²) in [5.41, 5.74) is 3.60. The Labute approximate surface area is 190 Å². The number of amides is 2. The first kappa shape index (κ1) is 21.1. The molecule has 3 N–H and O–H groups in total. The monoisotopic (exact) mass is 434 g/mol. The van der Waals surface area contributed by atoms with E-state index in [4.69, 9.17) is 0 Å². The van der Waals surface area contributed by atoms with Crippen LogP contribution in [0.1, 0.15) is 67.3 Å². The third-order valence-electron chi connectivity index (χ3n) is 7.20. The zero-order chi connectivity index (χ0) is 22.1. The fourth-order valence-corrected chi connectivity index (χ4v) is 5.49. The van der Waals surface area contributed by atoms with Crippen LogP contribution >= 0.6 is 0 Å². The molecule has 3 aliphatic rings. The third kappa shape index (κ3) is 4.13. The average Bonchev–Trinajstić information content (AvgIpc) is 3.48. The molecule has 7 heteroatoms. The van der Waals surface area contributed by atoms with Gasteiger partial charge in [0.25, 0.3) is 0 Å². The number of pyridine rings is 1. The summed E-state index contributed by atoms with van der Waals surface area (Å²) in [5.74, 6) is 2.84. The zero-order valence-corrected chi connectivity index (χ0v) is 19.1. The largest absolute Gasteiger partial charge is 0.343 e. The Morgan fingerprint density at radius 1 is 1.16 bits per heavy atom. The van der Waals surface area contributed by atoms with E-state index in [0.29, 0.717) is 11.8 Å². The fourth-order valence-electron chi connectivity index (χ4n) is 5.49. The first-order valence-electron chi connectivity index (χ1n) is 11.9. The van der Waals surface area contributed by atoms with E-state index >= 15 is 0 Å². The van der Waals surface area contributed by atoms with Crippen LogP contribution in [0.25, 0.3) is 6.08 Å². The minimum Gasteiger partial charge on any atom is -0.343 e. The standard InChI is InChI=1S/C25H34N6O/c1-30(2)25(32)31-14-11-19-15-22(29-23(19)24(31)18-5-3-4-6-18)28-21-8-7-20(16-27-21)17-9-12-26-13-10-17/h7-8,11,14-18,24,26,29H,3-6,9-10,12-13H2,1-2H3,(H,27,28). The number of nitrogens with one attached hydrogen (secondary N) is 3. The van der Waals surface area contributed by atoms with Crippen molar-refractivity contribution in [3.63, 3.8) is 0 Å². The van der Waals surface area contributed by atoms with E-state index in [1.165, 1.54) is 31.2 Å². The molecule has 32 heavy (non-hydrogen) atoms. The molecule has 2 aromatic heterocycles. The first-order valence-corrected chi connectivity index (χ1v) is 11.9. The van der Waals surface area contributed by atoms with Gasteiger partial charge in [-0.05, 0) is 74.4 Å². The molecule has 2 fully saturated rings. The Hall–Kier alpha value is -2.80. The maximum absolute atomic E-state index is 12.9. The molecule has 5 rings (SSSR count). The van der Waals surface area contributed by atoms with Gasteiger partial charge in [-0.25, -0.2) is 9.78 Å². The summed E-state index contributed by atoms with van der Waals surface area (Å²) in [4.78, 5) is 24.7. The van der Waals surface area contributed by atoms with Gasteiger partial charge < -0.3 is 20.5 Å². The van der Waals surface area contributed by atoms with Crippen LogP contribution in [0.3, 0.4) is 0 Å². The second kappa shape index (κ2) is 8.98. The number of rotatable bonds is 4. The lowest BCUT2D eigenvalue weighted by atomic mass is 9.90. The van der Waals surface area contributed by atoms with E-state index in [0.717, 1.165) is 48.8 Å². The number of nitrogens with zero attached hydrogens (tertiary/aromatic N) is 3. The predicted octanol–water partition coefficient (Wildman–Crippen LogP) is 4.82. The number of piperidine rings is 1. The summed E-state index contributed by atoms with van der Waals surface area (Å²) in [6.07, 6.45) is 13.2. The van der Waals surface area contributed by atoms with Crippen molar-refractivity contribution in [2.24, 2.45) is 5.92 Å². The second-order valence-corrected chi connectivity index (χ2v) is 9.57. The molecule has 1 saturated carbocycles. The maximum Gasteiger partial charge on any atom is 0.324 e. The van der Waals surface area contributed by atoms with Crippen molar-refractivity contribution in [2.75, 3.05) is 32.5 Å². The number of aromatic amines is 1. The molecule has 2 aromatic rings. The number of carbonyl (C=O) groups is 1. The van der Waals surface area contributed by atoms with Crippen molar-refractivity contribution in [3.8, 4) is 0 Å². The Morgan fingerprint density at radius 2 is 1.94 bits per heavy atom. The Morgan fingerprint density at radius 3 is 2.62 bits per heavy atom. The molecule has 0 radical (unpaired) electrons. The summed E-state index contributed by atoms with van der Waals surface area (Å²) >= 11 is 0. The number of anilines is 2. The molecule has 0 aromatic carbocycles. The summed E-state index contributed by atoms with van der Waals surface area (Å²) in [6.45, 7) is 2.17. The van der Waals surface area contributed by atoms with E-state index in [1.807, 2.05) is 37.5 Å². The molecule has 7 nitrogen and oxygen atoms in total. The smallest absolute Gasteiger partial charge is 0.324 e. The van der Waals surface area contributed by atoms with Crippen LogP contribution in [-0.4, -0.2) is 53.0 Å². The molecular formula is C25H34N6O. The molecule has 2 amide bonds. The van der Waals surface area contributed by atoms with E-state index in [1.54, 1.807) is 4.90 Å². The highest BCUT2D eigenvalue weighted by molar-refractivity contribution is 5.79.